The molecule has 0 aliphatic rings. The molecule has 0 atom stereocenters. The number of aryl methyl sites for hydroxylation is 1. The summed E-state index contributed by atoms with van der Waals surface area (Å²) in [7, 11) is 0. The van der Waals surface area contributed by atoms with Gasteiger partial charge in [-0.15, -0.1) is 0 Å². The molecular weight excluding hydrogens is 243 g/mol. The minimum atomic E-state index is -4.30. The first kappa shape index (κ1) is 14.3. The first-order chi connectivity index (χ1) is 8.23. The van der Waals surface area contributed by atoms with Gasteiger partial charge in [-0.05, 0) is 32.9 Å². The highest BCUT2D eigenvalue weighted by atomic mass is 19.4. The van der Waals surface area contributed by atoms with E-state index in [1.165, 1.54) is 12.1 Å². The van der Waals surface area contributed by atoms with Crippen LogP contribution in [0.4, 0.5) is 19.0 Å². The van der Waals surface area contributed by atoms with Crippen LogP contribution in [0, 0.1) is 18.3 Å². The topological polar surface area (TPSA) is 39.9 Å². The predicted molar refractivity (Wildman–Crippen MR) is 62.2 cm³/mol. The number of hydrogen-bond acceptors (Lipinski definition) is 3. The van der Waals surface area contributed by atoms with Crippen molar-refractivity contribution in [2.45, 2.75) is 33.0 Å². The molecule has 6 heteroatoms. The molecular formula is C12H14F3N3. The highest BCUT2D eigenvalue weighted by molar-refractivity contribution is 5.47. The third kappa shape index (κ3) is 3.91. The normalized spacial score (nSPS) is 11.4. The lowest BCUT2D eigenvalue weighted by Crippen LogP contribution is -2.39. The summed E-state index contributed by atoms with van der Waals surface area (Å²) in [4.78, 5) is 5.20. The molecule has 0 saturated heterocycles. The predicted octanol–water partition coefficient (Wildman–Crippen LogP) is 3.04. The molecule has 3 nitrogen and oxygen atoms in total. The van der Waals surface area contributed by atoms with Gasteiger partial charge in [0.05, 0.1) is 11.6 Å². The number of nitrogens with zero attached hydrogens (tertiary/aromatic N) is 3. The zero-order chi connectivity index (χ0) is 13.9. The fourth-order valence-electron chi connectivity index (χ4n) is 1.58. The Balaban J connectivity index is 3.14. The van der Waals surface area contributed by atoms with Crippen molar-refractivity contribution >= 4 is 5.82 Å². The minimum Gasteiger partial charge on any atom is -0.345 e. The van der Waals surface area contributed by atoms with Gasteiger partial charge in [-0.1, -0.05) is 0 Å². The number of hydrogen-bond donors (Lipinski definition) is 0. The SMILES string of the molecule is Cc1cc(C#N)cc(N(CC(F)(F)F)C(C)C)n1. The highest BCUT2D eigenvalue weighted by Gasteiger charge is 2.32. The molecule has 0 bridgehead atoms. The van der Waals surface area contributed by atoms with E-state index in [0.717, 1.165) is 4.90 Å². The third-order valence-corrected chi connectivity index (χ3v) is 2.34. The Bertz CT molecular complexity index is 461. The second-order valence-electron chi connectivity index (χ2n) is 4.30. The van der Waals surface area contributed by atoms with Gasteiger partial charge >= 0.3 is 6.18 Å². The Labute approximate surface area is 104 Å². The average Bonchev–Trinajstić information content (AvgIpc) is 2.23. The summed E-state index contributed by atoms with van der Waals surface area (Å²) in [5.41, 5.74) is 0.835. The summed E-state index contributed by atoms with van der Waals surface area (Å²) in [5.74, 6) is 0.180. The number of nitriles is 1. The van der Waals surface area contributed by atoms with Crippen molar-refractivity contribution in [3.63, 3.8) is 0 Å². The lowest BCUT2D eigenvalue weighted by atomic mass is 10.2. The maximum atomic E-state index is 12.5. The van der Waals surface area contributed by atoms with Crippen molar-refractivity contribution in [1.29, 1.82) is 5.26 Å². The Morgan fingerprint density at radius 2 is 2.00 bits per heavy atom. The van der Waals surface area contributed by atoms with E-state index in [2.05, 4.69) is 4.98 Å². The maximum absolute atomic E-state index is 12.5. The first-order valence-corrected chi connectivity index (χ1v) is 5.45. The Morgan fingerprint density at radius 1 is 1.39 bits per heavy atom. The van der Waals surface area contributed by atoms with Gasteiger partial charge in [-0.25, -0.2) is 4.98 Å². The number of aromatic nitrogens is 1. The second-order valence-corrected chi connectivity index (χ2v) is 4.30. The standard InChI is InChI=1S/C12H14F3N3/c1-8(2)18(7-12(13,14)15)11-5-10(6-16)4-9(3)17-11/h4-5,8H,7H2,1-3H3. The van der Waals surface area contributed by atoms with Crippen molar-refractivity contribution in [2.24, 2.45) is 0 Å². The summed E-state index contributed by atoms with van der Waals surface area (Å²) in [6, 6.07) is 4.47. The van der Waals surface area contributed by atoms with E-state index in [-0.39, 0.29) is 11.9 Å². The smallest absolute Gasteiger partial charge is 0.345 e. The molecule has 98 valence electrons. The minimum absolute atomic E-state index is 0.180. The monoisotopic (exact) mass is 257 g/mol. The number of pyridine rings is 1. The molecule has 0 aliphatic carbocycles. The van der Waals surface area contributed by atoms with Gasteiger partial charge in [-0.2, -0.15) is 18.4 Å². The molecule has 0 aliphatic heterocycles. The summed E-state index contributed by atoms with van der Waals surface area (Å²) in [6.07, 6.45) is -4.30. The van der Waals surface area contributed by atoms with E-state index in [1.807, 2.05) is 6.07 Å². The molecule has 0 amide bonds. The van der Waals surface area contributed by atoms with Gasteiger partial charge in [-0.3, -0.25) is 0 Å². The van der Waals surface area contributed by atoms with E-state index in [1.54, 1.807) is 20.8 Å². The highest BCUT2D eigenvalue weighted by Crippen LogP contribution is 2.23. The van der Waals surface area contributed by atoms with Crippen molar-refractivity contribution in [3.05, 3.63) is 23.4 Å². The second kappa shape index (κ2) is 5.25. The Hall–Kier alpha value is -1.77. The molecule has 0 unspecified atom stereocenters. The van der Waals surface area contributed by atoms with E-state index in [9.17, 15) is 13.2 Å². The van der Waals surface area contributed by atoms with Crippen molar-refractivity contribution in [3.8, 4) is 6.07 Å². The van der Waals surface area contributed by atoms with Crippen molar-refractivity contribution in [2.75, 3.05) is 11.4 Å². The van der Waals surface area contributed by atoms with E-state index >= 15 is 0 Å². The van der Waals surface area contributed by atoms with Gasteiger partial charge in [0.25, 0.3) is 0 Å². The van der Waals surface area contributed by atoms with E-state index in [4.69, 9.17) is 5.26 Å². The molecule has 1 aromatic rings. The molecule has 0 saturated carbocycles. The lowest BCUT2D eigenvalue weighted by molar-refractivity contribution is -0.120. The first-order valence-electron chi connectivity index (χ1n) is 5.45. The number of anilines is 1. The molecule has 0 spiro atoms. The van der Waals surface area contributed by atoms with Crippen LogP contribution in [0.1, 0.15) is 25.1 Å². The molecule has 1 heterocycles. The molecule has 18 heavy (non-hydrogen) atoms. The van der Waals surface area contributed by atoms with E-state index in [0.29, 0.717) is 11.3 Å². The third-order valence-electron chi connectivity index (χ3n) is 2.34. The molecule has 1 rings (SSSR count). The average molecular weight is 257 g/mol. The van der Waals surface area contributed by atoms with Crippen LogP contribution < -0.4 is 4.90 Å². The van der Waals surface area contributed by atoms with Crippen LogP contribution in [0.3, 0.4) is 0 Å². The number of halogens is 3. The summed E-state index contributed by atoms with van der Waals surface area (Å²) < 4.78 is 37.5. The van der Waals surface area contributed by atoms with Gasteiger partial charge in [0.2, 0.25) is 0 Å². The molecule has 0 N–H and O–H groups in total. The fraction of sp³-hybridized carbons (Fsp3) is 0.500. The summed E-state index contributed by atoms with van der Waals surface area (Å²) >= 11 is 0. The van der Waals surface area contributed by atoms with Crippen molar-refractivity contribution < 1.29 is 13.2 Å². The van der Waals surface area contributed by atoms with Crippen molar-refractivity contribution in [1.82, 2.24) is 4.98 Å². The maximum Gasteiger partial charge on any atom is 0.405 e. The van der Waals surface area contributed by atoms with Gasteiger partial charge in [0.15, 0.2) is 0 Å². The van der Waals surface area contributed by atoms with Crippen LogP contribution in [0.2, 0.25) is 0 Å². The van der Waals surface area contributed by atoms with Crippen LogP contribution in [0.25, 0.3) is 0 Å². The fourth-order valence-corrected chi connectivity index (χ4v) is 1.58. The molecule has 0 fully saturated rings. The summed E-state index contributed by atoms with van der Waals surface area (Å²) in [6.45, 7) is 3.88. The zero-order valence-corrected chi connectivity index (χ0v) is 10.4. The quantitative estimate of drug-likeness (QED) is 0.835. The zero-order valence-electron chi connectivity index (χ0n) is 10.4. The molecule has 0 aromatic carbocycles. The van der Waals surface area contributed by atoms with E-state index < -0.39 is 12.7 Å². The van der Waals surface area contributed by atoms with Crippen LogP contribution >= 0.6 is 0 Å². The number of rotatable bonds is 3. The van der Waals surface area contributed by atoms with Gasteiger partial charge in [0, 0.05) is 11.7 Å². The van der Waals surface area contributed by atoms with Crippen LogP contribution in [0.5, 0.6) is 0 Å². The van der Waals surface area contributed by atoms with Crippen LogP contribution in [0.15, 0.2) is 12.1 Å². The molecule has 1 aromatic heterocycles. The Morgan fingerprint density at radius 3 is 2.44 bits per heavy atom. The largest absolute Gasteiger partial charge is 0.405 e. The van der Waals surface area contributed by atoms with Crippen LogP contribution in [-0.2, 0) is 0 Å². The van der Waals surface area contributed by atoms with Gasteiger partial charge < -0.3 is 4.90 Å². The lowest BCUT2D eigenvalue weighted by Gasteiger charge is -2.29. The van der Waals surface area contributed by atoms with Gasteiger partial charge in [0.1, 0.15) is 12.4 Å². The Kier molecular flexibility index (Phi) is 4.17. The number of alkyl halides is 3. The van der Waals surface area contributed by atoms with Crippen LogP contribution in [-0.4, -0.2) is 23.7 Å². The summed E-state index contributed by atoms with van der Waals surface area (Å²) in [5, 5.41) is 8.82. The molecule has 0 radical (unpaired) electrons.